The molecular weight excluding hydrogens is 326 g/mol. The van der Waals surface area contributed by atoms with Gasteiger partial charge in [0.25, 0.3) is 0 Å². The van der Waals surface area contributed by atoms with Crippen LogP contribution in [0.2, 0.25) is 0 Å². The van der Waals surface area contributed by atoms with Crippen molar-refractivity contribution in [3.05, 3.63) is 42.4 Å². The van der Waals surface area contributed by atoms with Gasteiger partial charge in [-0.05, 0) is 37.0 Å². The summed E-state index contributed by atoms with van der Waals surface area (Å²) in [6, 6.07) is 5.92. The lowest BCUT2D eigenvalue weighted by atomic mass is 10.0. The minimum atomic E-state index is 0.546. The molecule has 0 bridgehead atoms. The zero-order valence-electron chi connectivity index (χ0n) is 15.7. The number of hydrogen-bond donors (Lipinski definition) is 2. The Labute approximate surface area is 155 Å². The second-order valence-corrected chi connectivity index (χ2v) is 6.70. The number of hydrogen-bond acceptors (Lipinski definition) is 4. The van der Waals surface area contributed by atoms with Crippen LogP contribution in [0.25, 0.3) is 0 Å². The van der Waals surface area contributed by atoms with Crippen molar-refractivity contribution in [2.45, 2.75) is 25.2 Å². The molecule has 1 unspecified atom stereocenters. The van der Waals surface area contributed by atoms with Crippen LogP contribution >= 0.6 is 0 Å². The van der Waals surface area contributed by atoms with Gasteiger partial charge in [0, 0.05) is 58.6 Å². The van der Waals surface area contributed by atoms with Crippen LogP contribution in [0.15, 0.2) is 41.8 Å². The molecule has 0 radical (unpaired) electrons. The van der Waals surface area contributed by atoms with E-state index in [1.54, 1.807) is 0 Å². The van der Waals surface area contributed by atoms with Gasteiger partial charge in [0.1, 0.15) is 5.82 Å². The van der Waals surface area contributed by atoms with Crippen LogP contribution in [0.1, 0.15) is 30.7 Å². The van der Waals surface area contributed by atoms with Gasteiger partial charge in [0.15, 0.2) is 5.96 Å². The molecule has 2 aromatic rings. The maximum absolute atomic E-state index is 4.45. The molecule has 0 aliphatic carbocycles. The first-order valence-corrected chi connectivity index (χ1v) is 9.35. The molecule has 7 nitrogen and oxygen atoms in total. The summed E-state index contributed by atoms with van der Waals surface area (Å²) < 4.78 is 1.88. The monoisotopic (exact) mass is 355 g/mol. The molecular formula is C19H29N7. The Hall–Kier alpha value is -2.57. The van der Waals surface area contributed by atoms with Gasteiger partial charge in [-0.3, -0.25) is 9.67 Å². The van der Waals surface area contributed by atoms with E-state index < -0.39 is 0 Å². The van der Waals surface area contributed by atoms with Crippen LogP contribution in [0.5, 0.6) is 0 Å². The van der Waals surface area contributed by atoms with E-state index in [1.807, 2.05) is 49.4 Å². The van der Waals surface area contributed by atoms with Gasteiger partial charge in [0.2, 0.25) is 0 Å². The summed E-state index contributed by atoms with van der Waals surface area (Å²) in [6.45, 7) is 3.92. The number of guanidine groups is 1. The van der Waals surface area contributed by atoms with E-state index in [9.17, 15) is 0 Å². The second-order valence-electron chi connectivity index (χ2n) is 6.70. The SMILES string of the molecule is CN=C(NCCCCNc1ccccn1)N1CCC(c2cnn(C)c2)C1. The number of rotatable bonds is 7. The van der Waals surface area contributed by atoms with E-state index in [0.717, 1.165) is 57.2 Å². The van der Waals surface area contributed by atoms with E-state index in [4.69, 9.17) is 0 Å². The van der Waals surface area contributed by atoms with Crippen molar-refractivity contribution >= 4 is 11.8 Å². The Morgan fingerprint density at radius 2 is 2.19 bits per heavy atom. The summed E-state index contributed by atoms with van der Waals surface area (Å²) in [6.07, 6.45) is 9.26. The molecule has 7 heteroatoms. The Kier molecular flexibility index (Phi) is 6.46. The van der Waals surface area contributed by atoms with Crippen molar-refractivity contribution < 1.29 is 0 Å². The number of aryl methyl sites for hydroxylation is 1. The smallest absolute Gasteiger partial charge is 0.193 e. The molecule has 1 saturated heterocycles. The lowest BCUT2D eigenvalue weighted by molar-refractivity contribution is 0.484. The highest BCUT2D eigenvalue weighted by atomic mass is 15.3. The number of pyridine rings is 1. The molecule has 2 N–H and O–H groups in total. The standard InChI is InChI=1S/C19H29N7/c1-20-19(23-11-6-5-10-22-18-7-3-4-9-21-18)26-12-8-16(15-26)17-13-24-25(2)14-17/h3-4,7,9,13-14,16H,5-6,8,10-12,15H2,1-2H3,(H,20,23)(H,21,22). The molecule has 1 aliphatic heterocycles. The molecule has 0 saturated carbocycles. The number of aromatic nitrogens is 3. The summed E-state index contributed by atoms with van der Waals surface area (Å²) in [5, 5.41) is 11.1. The van der Waals surface area contributed by atoms with Crippen LogP contribution in [0.3, 0.4) is 0 Å². The molecule has 26 heavy (non-hydrogen) atoms. The summed E-state index contributed by atoms with van der Waals surface area (Å²) in [7, 11) is 3.84. The minimum Gasteiger partial charge on any atom is -0.370 e. The predicted octanol–water partition coefficient (Wildman–Crippen LogP) is 2.07. The molecule has 0 amide bonds. The minimum absolute atomic E-state index is 0.546. The van der Waals surface area contributed by atoms with Crippen molar-refractivity contribution in [1.82, 2.24) is 25.0 Å². The molecule has 2 aromatic heterocycles. The largest absolute Gasteiger partial charge is 0.370 e. The van der Waals surface area contributed by atoms with Crippen molar-refractivity contribution in [2.75, 3.05) is 38.5 Å². The Balaban J connectivity index is 1.35. The maximum atomic E-state index is 4.45. The maximum Gasteiger partial charge on any atom is 0.193 e. The lowest BCUT2D eigenvalue weighted by Crippen LogP contribution is -2.40. The Bertz CT molecular complexity index is 695. The van der Waals surface area contributed by atoms with Crippen molar-refractivity contribution in [3.63, 3.8) is 0 Å². The molecule has 0 spiro atoms. The molecule has 140 valence electrons. The first kappa shape index (κ1) is 18.2. The summed E-state index contributed by atoms with van der Waals surface area (Å²) in [4.78, 5) is 11.1. The summed E-state index contributed by atoms with van der Waals surface area (Å²) in [5.41, 5.74) is 1.33. The number of aliphatic imine (C=N–C) groups is 1. The topological polar surface area (TPSA) is 70.4 Å². The van der Waals surface area contributed by atoms with Crippen LogP contribution in [-0.4, -0.2) is 58.9 Å². The average Bonchev–Trinajstić information content (AvgIpc) is 3.31. The van der Waals surface area contributed by atoms with Gasteiger partial charge in [-0.2, -0.15) is 5.10 Å². The van der Waals surface area contributed by atoms with Gasteiger partial charge < -0.3 is 15.5 Å². The molecule has 1 aliphatic rings. The van der Waals surface area contributed by atoms with Crippen LogP contribution < -0.4 is 10.6 Å². The van der Waals surface area contributed by atoms with Crippen molar-refractivity contribution in [1.29, 1.82) is 0 Å². The van der Waals surface area contributed by atoms with Gasteiger partial charge >= 0.3 is 0 Å². The molecule has 3 rings (SSSR count). The van der Waals surface area contributed by atoms with Gasteiger partial charge in [-0.1, -0.05) is 6.07 Å². The van der Waals surface area contributed by atoms with Crippen LogP contribution in [0.4, 0.5) is 5.82 Å². The van der Waals surface area contributed by atoms with Crippen LogP contribution in [0, 0.1) is 0 Å². The van der Waals surface area contributed by atoms with Crippen molar-refractivity contribution in [3.8, 4) is 0 Å². The molecule has 0 aromatic carbocycles. The van der Waals surface area contributed by atoms with E-state index in [-0.39, 0.29) is 0 Å². The van der Waals surface area contributed by atoms with Crippen molar-refractivity contribution in [2.24, 2.45) is 12.0 Å². The fourth-order valence-electron chi connectivity index (χ4n) is 3.34. The van der Waals surface area contributed by atoms with E-state index in [1.165, 1.54) is 5.56 Å². The molecule has 1 atom stereocenters. The third-order valence-corrected chi connectivity index (χ3v) is 4.75. The van der Waals surface area contributed by atoms with Crippen LogP contribution in [-0.2, 0) is 7.05 Å². The number of unbranched alkanes of at least 4 members (excludes halogenated alkanes) is 1. The lowest BCUT2D eigenvalue weighted by Gasteiger charge is -2.21. The Morgan fingerprint density at radius 1 is 1.31 bits per heavy atom. The third-order valence-electron chi connectivity index (χ3n) is 4.75. The zero-order valence-corrected chi connectivity index (χ0v) is 15.7. The second kappa shape index (κ2) is 9.22. The van der Waals surface area contributed by atoms with Gasteiger partial charge in [-0.25, -0.2) is 4.98 Å². The average molecular weight is 355 g/mol. The van der Waals surface area contributed by atoms with E-state index in [2.05, 4.69) is 36.8 Å². The zero-order chi connectivity index (χ0) is 18.2. The fraction of sp³-hybridized carbons (Fsp3) is 0.526. The summed E-state index contributed by atoms with van der Waals surface area (Å²) >= 11 is 0. The highest BCUT2D eigenvalue weighted by molar-refractivity contribution is 5.80. The highest BCUT2D eigenvalue weighted by Crippen LogP contribution is 2.26. The first-order chi connectivity index (χ1) is 12.8. The number of anilines is 1. The molecule has 3 heterocycles. The predicted molar refractivity (Wildman–Crippen MR) is 105 cm³/mol. The fourth-order valence-corrected chi connectivity index (χ4v) is 3.34. The first-order valence-electron chi connectivity index (χ1n) is 9.35. The third kappa shape index (κ3) is 4.97. The van der Waals surface area contributed by atoms with Gasteiger partial charge in [0.05, 0.1) is 6.20 Å². The van der Waals surface area contributed by atoms with Gasteiger partial charge in [-0.15, -0.1) is 0 Å². The normalized spacial score (nSPS) is 17.5. The number of nitrogens with zero attached hydrogens (tertiary/aromatic N) is 5. The number of nitrogens with one attached hydrogen (secondary N) is 2. The van der Waals surface area contributed by atoms with E-state index >= 15 is 0 Å². The summed E-state index contributed by atoms with van der Waals surface area (Å²) in [5.74, 6) is 2.49. The number of likely N-dealkylation sites (tertiary alicyclic amines) is 1. The highest BCUT2D eigenvalue weighted by Gasteiger charge is 2.26. The quantitative estimate of drug-likeness (QED) is 0.452. The van der Waals surface area contributed by atoms with E-state index in [0.29, 0.717) is 5.92 Å². The molecule has 1 fully saturated rings. The Morgan fingerprint density at radius 3 is 2.92 bits per heavy atom.